The van der Waals surface area contributed by atoms with Crippen LogP contribution in [0.25, 0.3) is 6.08 Å². The Kier molecular flexibility index (Phi) is 4.40. The fraction of sp³-hybridized carbons (Fsp3) is 0.0625. The van der Waals surface area contributed by atoms with Crippen molar-refractivity contribution in [1.29, 1.82) is 0 Å². The van der Waals surface area contributed by atoms with Gasteiger partial charge in [0, 0.05) is 16.9 Å². The normalized spacial score (nSPS) is 16.6. The minimum Gasteiger partial charge on any atom is -0.268 e. The van der Waals surface area contributed by atoms with Crippen LogP contribution in [0.1, 0.15) is 11.1 Å². The lowest BCUT2D eigenvalue weighted by Gasteiger charge is -2.12. The van der Waals surface area contributed by atoms with E-state index in [0.717, 1.165) is 27.4 Å². The lowest BCUT2D eigenvalue weighted by atomic mass is 10.2. The highest BCUT2D eigenvalue weighted by Crippen LogP contribution is 2.33. The van der Waals surface area contributed by atoms with E-state index in [1.54, 1.807) is 24.5 Å². The molecule has 2 heterocycles. The molecule has 0 saturated carbocycles. The number of thioether (sulfide) groups is 1. The van der Waals surface area contributed by atoms with Gasteiger partial charge in [-0.05, 0) is 47.2 Å². The molecule has 2 aromatic rings. The molecule has 1 fully saturated rings. The second kappa shape index (κ2) is 6.46. The molecular formula is C16H11BrN2O2S. The third kappa shape index (κ3) is 3.28. The molecule has 1 aliphatic heterocycles. The van der Waals surface area contributed by atoms with Crippen LogP contribution in [0.15, 0.2) is 58.2 Å². The topological polar surface area (TPSA) is 50.3 Å². The predicted octanol–water partition coefficient (Wildman–Crippen LogP) is 4.08. The van der Waals surface area contributed by atoms with Gasteiger partial charge in [0.25, 0.3) is 11.1 Å². The molecule has 0 atom stereocenters. The molecule has 110 valence electrons. The summed E-state index contributed by atoms with van der Waals surface area (Å²) in [7, 11) is 0. The van der Waals surface area contributed by atoms with Crippen molar-refractivity contribution < 1.29 is 9.59 Å². The van der Waals surface area contributed by atoms with Gasteiger partial charge in [-0.1, -0.05) is 34.1 Å². The molecule has 2 amide bonds. The van der Waals surface area contributed by atoms with Crippen molar-refractivity contribution in [3.8, 4) is 0 Å². The number of carbonyl (C=O) groups is 2. The van der Waals surface area contributed by atoms with E-state index in [-0.39, 0.29) is 17.7 Å². The second-order valence-electron chi connectivity index (χ2n) is 4.68. The molecule has 1 aliphatic rings. The molecule has 6 heteroatoms. The number of halogens is 1. The van der Waals surface area contributed by atoms with Gasteiger partial charge < -0.3 is 0 Å². The predicted molar refractivity (Wildman–Crippen MR) is 89.9 cm³/mol. The molecule has 1 saturated heterocycles. The summed E-state index contributed by atoms with van der Waals surface area (Å²) in [6, 6.07) is 11.2. The van der Waals surface area contributed by atoms with Gasteiger partial charge in [0.15, 0.2) is 0 Å². The van der Waals surface area contributed by atoms with Gasteiger partial charge in [0.2, 0.25) is 0 Å². The van der Waals surface area contributed by atoms with Crippen LogP contribution in [0.2, 0.25) is 0 Å². The zero-order valence-corrected chi connectivity index (χ0v) is 13.8. The number of hydrogen-bond acceptors (Lipinski definition) is 4. The molecule has 0 spiro atoms. The van der Waals surface area contributed by atoms with Crippen LogP contribution in [-0.4, -0.2) is 21.0 Å². The highest BCUT2D eigenvalue weighted by Gasteiger charge is 2.34. The number of amides is 2. The van der Waals surface area contributed by atoms with Gasteiger partial charge in [0.05, 0.1) is 11.4 Å². The summed E-state index contributed by atoms with van der Waals surface area (Å²) in [5, 5.41) is -0.250. The second-order valence-corrected chi connectivity index (χ2v) is 6.59. The number of pyridine rings is 1. The molecular weight excluding hydrogens is 364 g/mol. The van der Waals surface area contributed by atoms with Crippen molar-refractivity contribution in [2.24, 2.45) is 0 Å². The number of benzene rings is 1. The van der Waals surface area contributed by atoms with Crippen molar-refractivity contribution in [1.82, 2.24) is 9.88 Å². The molecule has 4 nitrogen and oxygen atoms in total. The molecule has 1 aromatic carbocycles. The van der Waals surface area contributed by atoms with Crippen LogP contribution < -0.4 is 0 Å². The van der Waals surface area contributed by atoms with E-state index in [1.807, 2.05) is 30.3 Å². The summed E-state index contributed by atoms with van der Waals surface area (Å²) in [5.74, 6) is -0.265. The quantitative estimate of drug-likeness (QED) is 0.759. The third-order valence-electron chi connectivity index (χ3n) is 3.09. The summed E-state index contributed by atoms with van der Waals surface area (Å²) in [4.78, 5) is 30.1. The van der Waals surface area contributed by atoms with Crippen LogP contribution >= 0.6 is 27.7 Å². The number of rotatable bonds is 3. The first-order valence-corrected chi connectivity index (χ1v) is 8.14. The molecule has 0 N–H and O–H groups in total. The Hall–Kier alpha value is -1.92. The Morgan fingerprint density at radius 3 is 2.82 bits per heavy atom. The summed E-state index contributed by atoms with van der Waals surface area (Å²) >= 11 is 4.35. The van der Waals surface area contributed by atoms with E-state index in [2.05, 4.69) is 20.9 Å². The summed E-state index contributed by atoms with van der Waals surface area (Å²) in [6.07, 6.45) is 5.01. The van der Waals surface area contributed by atoms with E-state index in [1.165, 1.54) is 4.90 Å². The summed E-state index contributed by atoms with van der Waals surface area (Å²) in [5.41, 5.74) is 1.70. The highest BCUT2D eigenvalue weighted by molar-refractivity contribution is 9.10. The Bertz CT molecular complexity index is 762. The van der Waals surface area contributed by atoms with Gasteiger partial charge in [-0.25, -0.2) is 0 Å². The minimum atomic E-state index is -0.265. The van der Waals surface area contributed by atoms with Crippen molar-refractivity contribution >= 4 is 44.9 Å². The zero-order valence-electron chi connectivity index (χ0n) is 11.4. The third-order valence-corrected chi connectivity index (χ3v) is 4.49. The molecule has 0 bridgehead atoms. The molecule has 3 rings (SSSR count). The number of aromatic nitrogens is 1. The monoisotopic (exact) mass is 374 g/mol. The largest absolute Gasteiger partial charge is 0.293 e. The molecule has 0 radical (unpaired) electrons. The van der Waals surface area contributed by atoms with Gasteiger partial charge >= 0.3 is 0 Å². The van der Waals surface area contributed by atoms with E-state index in [0.29, 0.717) is 4.91 Å². The van der Waals surface area contributed by atoms with Crippen LogP contribution in [0.3, 0.4) is 0 Å². The molecule has 0 unspecified atom stereocenters. The molecule has 1 aromatic heterocycles. The minimum absolute atomic E-state index is 0.250. The first kappa shape index (κ1) is 15.0. The number of hydrogen-bond donors (Lipinski definition) is 0. The Labute approximate surface area is 140 Å². The number of carbonyl (C=O) groups excluding carboxylic acids is 2. The highest BCUT2D eigenvalue weighted by atomic mass is 79.9. The van der Waals surface area contributed by atoms with Gasteiger partial charge in [-0.15, -0.1) is 0 Å². The average Bonchev–Trinajstić information content (AvgIpc) is 2.76. The SMILES string of the molecule is O=C1SC(=Cc2cccnc2)C(=O)N1Cc1cccc(Br)c1. The van der Waals surface area contributed by atoms with Crippen molar-refractivity contribution in [2.45, 2.75) is 6.54 Å². The van der Waals surface area contributed by atoms with Crippen LogP contribution in [0.5, 0.6) is 0 Å². The maximum Gasteiger partial charge on any atom is 0.293 e. The lowest BCUT2D eigenvalue weighted by molar-refractivity contribution is -0.123. The number of nitrogens with zero attached hydrogens (tertiary/aromatic N) is 2. The first-order valence-electron chi connectivity index (χ1n) is 6.53. The Balaban J connectivity index is 1.81. The van der Waals surface area contributed by atoms with Crippen molar-refractivity contribution in [3.05, 3.63) is 69.3 Å². The molecule has 22 heavy (non-hydrogen) atoms. The molecule has 0 aliphatic carbocycles. The summed E-state index contributed by atoms with van der Waals surface area (Å²) in [6.45, 7) is 0.272. The number of imide groups is 1. The average molecular weight is 375 g/mol. The van der Waals surface area contributed by atoms with E-state index < -0.39 is 0 Å². The van der Waals surface area contributed by atoms with Crippen molar-refractivity contribution in [3.63, 3.8) is 0 Å². The van der Waals surface area contributed by atoms with Gasteiger partial charge in [-0.2, -0.15) is 0 Å². The lowest BCUT2D eigenvalue weighted by Crippen LogP contribution is -2.27. The van der Waals surface area contributed by atoms with Gasteiger partial charge in [0.1, 0.15) is 0 Å². The van der Waals surface area contributed by atoms with Crippen LogP contribution in [0.4, 0.5) is 4.79 Å². The Morgan fingerprint density at radius 1 is 1.23 bits per heavy atom. The standard InChI is InChI=1S/C16H11BrN2O2S/c17-13-5-1-3-12(7-13)10-19-15(20)14(22-16(19)21)8-11-4-2-6-18-9-11/h1-9H,10H2. The van der Waals surface area contributed by atoms with Crippen molar-refractivity contribution in [2.75, 3.05) is 0 Å². The van der Waals surface area contributed by atoms with Gasteiger partial charge in [-0.3, -0.25) is 19.5 Å². The van der Waals surface area contributed by atoms with E-state index >= 15 is 0 Å². The summed E-state index contributed by atoms with van der Waals surface area (Å²) < 4.78 is 0.919. The first-order chi connectivity index (χ1) is 10.6. The maximum atomic E-state index is 12.4. The Morgan fingerprint density at radius 2 is 2.09 bits per heavy atom. The zero-order chi connectivity index (χ0) is 15.5. The van der Waals surface area contributed by atoms with E-state index in [9.17, 15) is 9.59 Å². The van der Waals surface area contributed by atoms with E-state index in [4.69, 9.17) is 0 Å². The fourth-order valence-corrected chi connectivity index (χ4v) is 3.35. The van der Waals surface area contributed by atoms with Crippen LogP contribution in [0, 0.1) is 0 Å². The fourth-order valence-electron chi connectivity index (χ4n) is 2.07. The van der Waals surface area contributed by atoms with Crippen LogP contribution in [-0.2, 0) is 11.3 Å². The smallest absolute Gasteiger partial charge is 0.268 e. The maximum absolute atomic E-state index is 12.4.